The van der Waals surface area contributed by atoms with Crippen LogP contribution >= 0.6 is 0 Å². The first-order valence-corrected chi connectivity index (χ1v) is 11.3. The lowest BCUT2D eigenvalue weighted by Gasteiger charge is -2.33. The van der Waals surface area contributed by atoms with E-state index < -0.39 is 0 Å². The second kappa shape index (κ2) is 8.79. The summed E-state index contributed by atoms with van der Waals surface area (Å²) in [5.74, 6) is 0.521. The maximum atomic E-state index is 3.78. The monoisotopic (exact) mass is 394 g/mol. The number of allylic oxidation sites excluding steroid dienone is 15. The van der Waals surface area contributed by atoms with Crippen LogP contribution in [0.1, 0.15) is 38.5 Å². The molecule has 2 heteroatoms. The lowest BCUT2D eigenvalue weighted by Crippen LogP contribution is -2.31. The topological polar surface area (TPSA) is 15.3 Å². The molecule has 152 valence electrons. The number of fused-ring (bicyclic) bond motifs is 1. The van der Waals surface area contributed by atoms with Crippen LogP contribution in [-0.2, 0) is 0 Å². The highest BCUT2D eigenvalue weighted by Gasteiger charge is 2.22. The third kappa shape index (κ3) is 4.00. The van der Waals surface area contributed by atoms with Gasteiger partial charge in [0, 0.05) is 34.7 Å². The molecule has 0 aromatic rings. The maximum Gasteiger partial charge on any atom is 0.0483 e. The van der Waals surface area contributed by atoms with E-state index in [9.17, 15) is 0 Å². The SMILES string of the molecule is C1=CCCC(N(C2=CCCC=C2)C2=CCC(NC3=C4C=CC=CC4CC=C3)C=C2)=C1. The zero-order valence-electron chi connectivity index (χ0n) is 17.5. The average molecular weight is 395 g/mol. The summed E-state index contributed by atoms with van der Waals surface area (Å²) in [6.07, 6.45) is 40.7. The Kier molecular flexibility index (Phi) is 5.56. The van der Waals surface area contributed by atoms with Gasteiger partial charge in [0.1, 0.15) is 0 Å². The second-order valence-electron chi connectivity index (χ2n) is 8.40. The Morgan fingerprint density at radius 3 is 2.53 bits per heavy atom. The molecule has 2 unspecified atom stereocenters. The van der Waals surface area contributed by atoms with Crippen molar-refractivity contribution in [2.45, 2.75) is 44.6 Å². The van der Waals surface area contributed by atoms with Crippen LogP contribution in [0, 0.1) is 5.92 Å². The van der Waals surface area contributed by atoms with Crippen LogP contribution in [0.5, 0.6) is 0 Å². The van der Waals surface area contributed by atoms with Gasteiger partial charge >= 0.3 is 0 Å². The Morgan fingerprint density at radius 2 is 1.73 bits per heavy atom. The Bertz CT molecular complexity index is 988. The van der Waals surface area contributed by atoms with Crippen LogP contribution in [0.15, 0.2) is 120 Å². The third-order valence-corrected chi connectivity index (χ3v) is 6.31. The number of rotatable bonds is 5. The summed E-state index contributed by atoms with van der Waals surface area (Å²) < 4.78 is 0. The van der Waals surface area contributed by atoms with Crippen molar-refractivity contribution in [2.24, 2.45) is 5.92 Å². The summed E-state index contributed by atoms with van der Waals surface area (Å²) in [4.78, 5) is 2.46. The minimum Gasteiger partial charge on any atom is -0.378 e. The highest BCUT2D eigenvalue weighted by molar-refractivity contribution is 5.45. The summed E-state index contributed by atoms with van der Waals surface area (Å²) in [6.45, 7) is 0. The first-order valence-electron chi connectivity index (χ1n) is 11.3. The van der Waals surface area contributed by atoms with Crippen LogP contribution in [0.2, 0.25) is 0 Å². The predicted molar refractivity (Wildman–Crippen MR) is 126 cm³/mol. The van der Waals surface area contributed by atoms with Gasteiger partial charge in [0.05, 0.1) is 0 Å². The molecule has 2 nitrogen and oxygen atoms in total. The van der Waals surface area contributed by atoms with Crippen LogP contribution in [0.3, 0.4) is 0 Å². The molecule has 0 saturated carbocycles. The van der Waals surface area contributed by atoms with E-state index in [0.717, 1.165) is 38.5 Å². The molecular formula is C28H30N2. The molecule has 5 aliphatic rings. The molecule has 0 radical (unpaired) electrons. The van der Waals surface area contributed by atoms with Gasteiger partial charge in [-0.25, -0.2) is 0 Å². The summed E-state index contributed by atoms with van der Waals surface area (Å²) in [5.41, 5.74) is 6.68. The molecule has 0 aromatic carbocycles. The van der Waals surface area contributed by atoms with E-state index in [2.05, 4.69) is 101 Å². The largest absolute Gasteiger partial charge is 0.378 e. The molecule has 5 rings (SSSR count). The Balaban J connectivity index is 1.34. The van der Waals surface area contributed by atoms with Gasteiger partial charge in [-0.15, -0.1) is 0 Å². The molecule has 0 amide bonds. The molecule has 0 fully saturated rings. The molecule has 0 heterocycles. The van der Waals surface area contributed by atoms with Crippen molar-refractivity contribution in [2.75, 3.05) is 0 Å². The highest BCUT2D eigenvalue weighted by Crippen LogP contribution is 2.32. The molecule has 30 heavy (non-hydrogen) atoms. The zero-order chi connectivity index (χ0) is 20.2. The van der Waals surface area contributed by atoms with Gasteiger partial charge in [0.25, 0.3) is 0 Å². The zero-order valence-corrected chi connectivity index (χ0v) is 17.5. The van der Waals surface area contributed by atoms with E-state index in [1.807, 2.05) is 0 Å². The molecule has 5 aliphatic carbocycles. The number of nitrogens with zero attached hydrogens (tertiary/aromatic N) is 1. The predicted octanol–water partition coefficient (Wildman–Crippen LogP) is 6.51. The molecule has 0 spiro atoms. The maximum absolute atomic E-state index is 3.78. The van der Waals surface area contributed by atoms with Crippen molar-refractivity contribution in [3.8, 4) is 0 Å². The van der Waals surface area contributed by atoms with Gasteiger partial charge < -0.3 is 10.2 Å². The summed E-state index contributed by atoms with van der Waals surface area (Å²) in [7, 11) is 0. The second-order valence-corrected chi connectivity index (χ2v) is 8.40. The quantitative estimate of drug-likeness (QED) is 0.571. The molecule has 0 aliphatic heterocycles. The first-order chi connectivity index (χ1) is 14.9. The Labute approximate surface area is 180 Å². The summed E-state index contributed by atoms with van der Waals surface area (Å²) in [6, 6.07) is 0.330. The van der Waals surface area contributed by atoms with Crippen molar-refractivity contribution < 1.29 is 0 Å². The summed E-state index contributed by atoms with van der Waals surface area (Å²) >= 11 is 0. The molecule has 0 aromatic heterocycles. The minimum atomic E-state index is 0.330. The molecule has 1 N–H and O–H groups in total. The number of hydrogen-bond acceptors (Lipinski definition) is 2. The van der Waals surface area contributed by atoms with Crippen molar-refractivity contribution in [1.29, 1.82) is 0 Å². The van der Waals surface area contributed by atoms with Crippen LogP contribution in [0.4, 0.5) is 0 Å². The fourth-order valence-corrected chi connectivity index (χ4v) is 4.74. The lowest BCUT2D eigenvalue weighted by molar-refractivity contribution is 0.512. The normalized spacial score (nSPS) is 26.9. The van der Waals surface area contributed by atoms with Crippen molar-refractivity contribution >= 4 is 0 Å². The van der Waals surface area contributed by atoms with Crippen LogP contribution in [0.25, 0.3) is 0 Å². The van der Waals surface area contributed by atoms with E-state index in [0.29, 0.717) is 12.0 Å². The van der Waals surface area contributed by atoms with Gasteiger partial charge in [0.2, 0.25) is 0 Å². The highest BCUT2D eigenvalue weighted by atomic mass is 15.2. The van der Waals surface area contributed by atoms with E-state index >= 15 is 0 Å². The minimum absolute atomic E-state index is 0.330. The van der Waals surface area contributed by atoms with Crippen molar-refractivity contribution in [1.82, 2.24) is 10.2 Å². The molecular weight excluding hydrogens is 364 g/mol. The number of nitrogens with one attached hydrogen (secondary N) is 1. The van der Waals surface area contributed by atoms with E-state index in [1.165, 1.54) is 28.4 Å². The van der Waals surface area contributed by atoms with Gasteiger partial charge in [-0.3, -0.25) is 0 Å². The first kappa shape index (κ1) is 19.0. The Morgan fingerprint density at radius 1 is 0.767 bits per heavy atom. The third-order valence-electron chi connectivity index (χ3n) is 6.31. The van der Waals surface area contributed by atoms with Gasteiger partial charge in [-0.05, 0) is 68.4 Å². The van der Waals surface area contributed by atoms with E-state index in [-0.39, 0.29) is 0 Å². The molecule has 0 bridgehead atoms. The van der Waals surface area contributed by atoms with Crippen molar-refractivity contribution in [3.05, 3.63) is 120 Å². The van der Waals surface area contributed by atoms with Gasteiger partial charge in [-0.1, -0.05) is 66.8 Å². The van der Waals surface area contributed by atoms with Gasteiger partial charge in [-0.2, -0.15) is 0 Å². The van der Waals surface area contributed by atoms with Crippen LogP contribution < -0.4 is 5.32 Å². The Hall–Kier alpha value is -3.00. The fraction of sp³-hybridized carbons (Fsp3) is 0.286. The van der Waals surface area contributed by atoms with E-state index in [4.69, 9.17) is 0 Å². The molecule has 2 atom stereocenters. The molecule has 0 saturated heterocycles. The van der Waals surface area contributed by atoms with E-state index in [1.54, 1.807) is 0 Å². The number of hydrogen-bond donors (Lipinski definition) is 1. The van der Waals surface area contributed by atoms with Crippen LogP contribution in [-0.4, -0.2) is 10.9 Å². The summed E-state index contributed by atoms with van der Waals surface area (Å²) in [5, 5.41) is 3.78. The van der Waals surface area contributed by atoms with Gasteiger partial charge in [0.15, 0.2) is 0 Å². The van der Waals surface area contributed by atoms with Crippen molar-refractivity contribution in [3.63, 3.8) is 0 Å². The smallest absolute Gasteiger partial charge is 0.0483 e. The average Bonchev–Trinajstić information content (AvgIpc) is 2.82. The lowest BCUT2D eigenvalue weighted by atomic mass is 9.86. The fourth-order valence-electron chi connectivity index (χ4n) is 4.74. The standard InChI is InChI=1S/C28H30N2/c1-3-12-24(13-4-1)30(25-14-5-2-6-15-25)26-20-18-23(19-21-26)29-28-17-9-11-22-10-7-8-16-27(22)28/h1,3,5,7-10,12,14-18,20-23,29H,2,4,6,11,13,19H2.